The maximum Gasteiger partial charge on any atom is 0.264 e. The van der Waals surface area contributed by atoms with Crippen molar-refractivity contribution in [3.05, 3.63) is 49.7 Å². The highest BCUT2D eigenvalue weighted by atomic mass is 35.5. The van der Waals surface area contributed by atoms with Gasteiger partial charge in [0.05, 0.1) is 10.7 Å². The van der Waals surface area contributed by atoms with Crippen molar-refractivity contribution < 1.29 is 9.50 Å². The second kappa shape index (κ2) is 6.41. The van der Waals surface area contributed by atoms with E-state index in [1.165, 1.54) is 22.9 Å². The summed E-state index contributed by atoms with van der Waals surface area (Å²) in [5.41, 5.74) is -0.275. The average molecular weight is 342 g/mol. The Balaban J connectivity index is 2.71. The second-order valence-electron chi connectivity index (χ2n) is 4.80. The number of hydrogen-bond acceptors (Lipinski definition) is 4. The first-order valence-electron chi connectivity index (χ1n) is 6.38. The predicted molar refractivity (Wildman–Crippen MR) is 86.6 cm³/mol. The molecular formula is C14H13ClFN3O2S. The summed E-state index contributed by atoms with van der Waals surface area (Å²) in [5.74, 6) is -0.983. The van der Waals surface area contributed by atoms with Crippen LogP contribution in [0.5, 0.6) is 5.88 Å². The van der Waals surface area contributed by atoms with E-state index in [2.05, 4.69) is 9.98 Å². The number of aromatic nitrogens is 2. The summed E-state index contributed by atoms with van der Waals surface area (Å²) >= 11 is 10.8. The summed E-state index contributed by atoms with van der Waals surface area (Å²) in [4.78, 5) is 18.4. The zero-order valence-electron chi connectivity index (χ0n) is 11.8. The first-order chi connectivity index (χ1) is 10.3. The van der Waals surface area contributed by atoms with Crippen LogP contribution in [0.4, 0.5) is 4.39 Å². The van der Waals surface area contributed by atoms with Crippen LogP contribution in [0, 0.1) is 10.6 Å². The molecule has 0 saturated carbocycles. The number of nitrogens with one attached hydrogen (secondary N) is 1. The summed E-state index contributed by atoms with van der Waals surface area (Å²) in [6.07, 6.45) is 1.27. The van der Waals surface area contributed by atoms with Crippen LogP contribution in [0.1, 0.15) is 19.4 Å². The molecule has 1 aromatic heterocycles. The van der Waals surface area contributed by atoms with Crippen LogP contribution in [0.15, 0.2) is 28.0 Å². The Labute approximate surface area is 135 Å². The van der Waals surface area contributed by atoms with Gasteiger partial charge in [0.15, 0.2) is 4.77 Å². The van der Waals surface area contributed by atoms with Crippen molar-refractivity contribution in [3.63, 3.8) is 0 Å². The number of aromatic amines is 1. The number of nitrogens with zero attached hydrogens (tertiary/aromatic N) is 2. The van der Waals surface area contributed by atoms with Crippen molar-refractivity contribution in [2.24, 2.45) is 4.99 Å². The highest BCUT2D eigenvalue weighted by molar-refractivity contribution is 7.71. The number of aromatic hydroxyl groups is 1. The fourth-order valence-electron chi connectivity index (χ4n) is 1.74. The van der Waals surface area contributed by atoms with Gasteiger partial charge in [0.1, 0.15) is 11.4 Å². The van der Waals surface area contributed by atoms with Gasteiger partial charge in [-0.1, -0.05) is 11.6 Å². The SMILES string of the molecule is CC(C)N=Cc1c(O)n(-c2ccc(F)c(Cl)c2)c(=S)[nH]c1=O. The Bertz CT molecular complexity index is 858. The minimum absolute atomic E-state index is 0.0353. The monoisotopic (exact) mass is 341 g/mol. The predicted octanol–water partition coefficient (Wildman–Crippen LogP) is 3.22. The molecule has 22 heavy (non-hydrogen) atoms. The third-order valence-electron chi connectivity index (χ3n) is 2.78. The third-order valence-corrected chi connectivity index (χ3v) is 3.36. The highest BCUT2D eigenvalue weighted by Crippen LogP contribution is 2.23. The van der Waals surface area contributed by atoms with E-state index in [0.717, 1.165) is 6.07 Å². The summed E-state index contributed by atoms with van der Waals surface area (Å²) < 4.78 is 14.4. The summed E-state index contributed by atoms with van der Waals surface area (Å²) in [7, 11) is 0. The van der Waals surface area contributed by atoms with E-state index in [9.17, 15) is 14.3 Å². The van der Waals surface area contributed by atoms with Gasteiger partial charge in [0.25, 0.3) is 5.56 Å². The van der Waals surface area contributed by atoms with Crippen molar-refractivity contribution in [3.8, 4) is 11.6 Å². The second-order valence-corrected chi connectivity index (χ2v) is 5.60. The number of rotatable bonds is 3. The van der Waals surface area contributed by atoms with Crippen molar-refractivity contribution in [2.45, 2.75) is 19.9 Å². The molecule has 2 N–H and O–H groups in total. The van der Waals surface area contributed by atoms with E-state index in [-0.39, 0.29) is 27.3 Å². The van der Waals surface area contributed by atoms with Crippen LogP contribution in [-0.2, 0) is 0 Å². The molecule has 0 aliphatic rings. The van der Waals surface area contributed by atoms with Crippen LogP contribution >= 0.6 is 23.8 Å². The van der Waals surface area contributed by atoms with Crippen molar-refractivity contribution in [1.82, 2.24) is 9.55 Å². The molecule has 0 spiro atoms. The lowest BCUT2D eigenvalue weighted by Gasteiger charge is -2.11. The van der Waals surface area contributed by atoms with Crippen molar-refractivity contribution in [1.29, 1.82) is 0 Å². The summed E-state index contributed by atoms with van der Waals surface area (Å²) in [6.45, 7) is 3.66. The van der Waals surface area contributed by atoms with Crippen LogP contribution in [0.2, 0.25) is 5.02 Å². The normalized spacial score (nSPS) is 11.5. The molecule has 2 rings (SSSR count). The standard InChI is InChI=1S/C14H13ClFN3O2S/c1-7(2)17-6-9-12(20)18-14(22)19(13(9)21)8-3-4-11(16)10(15)5-8/h3-7,21H,1-2H3,(H,18,20,22). The molecule has 0 fully saturated rings. The highest BCUT2D eigenvalue weighted by Gasteiger charge is 2.13. The van der Waals surface area contributed by atoms with Gasteiger partial charge in [-0.25, -0.2) is 4.39 Å². The maximum absolute atomic E-state index is 13.3. The molecule has 1 aromatic carbocycles. The molecule has 8 heteroatoms. The zero-order valence-corrected chi connectivity index (χ0v) is 13.4. The molecule has 0 radical (unpaired) electrons. The first kappa shape index (κ1) is 16.4. The lowest BCUT2D eigenvalue weighted by molar-refractivity contribution is 0.432. The van der Waals surface area contributed by atoms with Crippen molar-refractivity contribution in [2.75, 3.05) is 0 Å². The molecule has 1 heterocycles. The molecule has 2 aromatic rings. The Kier molecular flexibility index (Phi) is 4.77. The van der Waals surface area contributed by atoms with Crippen LogP contribution in [0.3, 0.4) is 0 Å². The molecule has 116 valence electrons. The molecule has 0 bridgehead atoms. The van der Waals surface area contributed by atoms with E-state index in [1.54, 1.807) is 0 Å². The molecular weight excluding hydrogens is 329 g/mol. The molecule has 0 aliphatic carbocycles. The molecule has 0 amide bonds. The van der Waals surface area contributed by atoms with Gasteiger partial charge in [-0.3, -0.25) is 19.3 Å². The fraction of sp³-hybridized carbons (Fsp3) is 0.214. The largest absolute Gasteiger partial charge is 0.494 e. The van der Waals surface area contributed by atoms with E-state index >= 15 is 0 Å². The topological polar surface area (TPSA) is 70.4 Å². The van der Waals surface area contributed by atoms with Gasteiger partial charge in [0, 0.05) is 12.3 Å². The molecule has 0 aliphatic heterocycles. The van der Waals surface area contributed by atoms with Gasteiger partial charge < -0.3 is 5.11 Å². The zero-order chi connectivity index (χ0) is 16.4. The molecule has 5 nitrogen and oxygen atoms in total. The first-order valence-corrected chi connectivity index (χ1v) is 7.16. The van der Waals surface area contributed by atoms with Crippen LogP contribution in [-0.4, -0.2) is 26.9 Å². The van der Waals surface area contributed by atoms with E-state index in [0.29, 0.717) is 5.69 Å². The van der Waals surface area contributed by atoms with Gasteiger partial charge >= 0.3 is 0 Å². The average Bonchev–Trinajstić information content (AvgIpc) is 2.41. The van der Waals surface area contributed by atoms with Crippen LogP contribution in [0.25, 0.3) is 5.69 Å². The summed E-state index contributed by atoms with van der Waals surface area (Å²) in [6, 6.07) is 3.79. The Hall–Kier alpha value is -1.99. The van der Waals surface area contributed by atoms with Crippen LogP contribution < -0.4 is 5.56 Å². The number of benzene rings is 1. The van der Waals surface area contributed by atoms with Crippen molar-refractivity contribution >= 4 is 30.0 Å². The fourth-order valence-corrected chi connectivity index (χ4v) is 2.20. The quantitative estimate of drug-likeness (QED) is 0.665. The molecule has 0 saturated heterocycles. The number of H-pyrrole nitrogens is 1. The lowest BCUT2D eigenvalue weighted by Crippen LogP contribution is -2.18. The lowest BCUT2D eigenvalue weighted by atomic mass is 10.2. The van der Waals surface area contributed by atoms with E-state index in [4.69, 9.17) is 23.8 Å². The van der Waals surface area contributed by atoms with Gasteiger partial charge in [-0.2, -0.15) is 0 Å². The minimum Gasteiger partial charge on any atom is -0.494 e. The number of halogens is 2. The number of aliphatic imine (C=N–C) groups is 1. The minimum atomic E-state index is -0.595. The Morgan fingerprint density at radius 2 is 2.18 bits per heavy atom. The van der Waals surface area contributed by atoms with E-state index in [1.807, 2.05) is 13.8 Å². The van der Waals surface area contributed by atoms with Gasteiger partial charge in [0.2, 0.25) is 5.88 Å². The smallest absolute Gasteiger partial charge is 0.264 e. The van der Waals surface area contributed by atoms with Gasteiger partial charge in [-0.15, -0.1) is 0 Å². The summed E-state index contributed by atoms with van der Waals surface area (Å²) in [5, 5.41) is 10.2. The Morgan fingerprint density at radius 1 is 1.50 bits per heavy atom. The molecule has 0 atom stereocenters. The third kappa shape index (κ3) is 3.26. The molecule has 0 unspecified atom stereocenters. The maximum atomic E-state index is 13.3. The Morgan fingerprint density at radius 3 is 2.77 bits per heavy atom. The van der Waals surface area contributed by atoms with Gasteiger partial charge in [-0.05, 0) is 44.3 Å². The number of hydrogen-bond donors (Lipinski definition) is 2. The van der Waals surface area contributed by atoms with E-state index < -0.39 is 11.4 Å².